The molecule has 4 heteroatoms. The molecule has 0 saturated heterocycles. The lowest BCUT2D eigenvalue weighted by Gasteiger charge is -2.10. The van der Waals surface area contributed by atoms with Crippen molar-refractivity contribution in [2.24, 2.45) is 4.99 Å². The number of nitrogens with zero attached hydrogens (tertiary/aromatic N) is 3. The van der Waals surface area contributed by atoms with Crippen molar-refractivity contribution in [3.05, 3.63) is 77.1 Å². The summed E-state index contributed by atoms with van der Waals surface area (Å²) in [5.74, 6) is 1.53. The molecule has 3 aromatic rings. The van der Waals surface area contributed by atoms with Crippen LogP contribution in [0.1, 0.15) is 22.4 Å². The lowest BCUT2D eigenvalue weighted by Crippen LogP contribution is -2.14. The second-order valence-electron chi connectivity index (χ2n) is 5.82. The summed E-state index contributed by atoms with van der Waals surface area (Å²) < 4.78 is 7.32. The van der Waals surface area contributed by atoms with Gasteiger partial charge in [-0.25, -0.2) is 9.67 Å². The molecule has 1 heterocycles. The van der Waals surface area contributed by atoms with Crippen molar-refractivity contribution in [1.29, 1.82) is 0 Å². The number of aryl methyl sites for hydroxylation is 3. The van der Waals surface area contributed by atoms with Crippen LogP contribution in [-0.4, -0.2) is 22.7 Å². The first-order valence-electron chi connectivity index (χ1n) is 7.90. The summed E-state index contributed by atoms with van der Waals surface area (Å²) in [6.07, 6.45) is 2.00. The first-order chi connectivity index (χ1) is 11.6. The maximum atomic E-state index is 5.49. The summed E-state index contributed by atoms with van der Waals surface area (Å²) in [7, 11) is 1.66. The molecule has 0 atom stereocenters. The molecule has 0 aliphatic carbocycles. The summed E-state index contributed by atoms with van der Waals surface area (Å²) in [5, 5.41) is 4.60. The fourth-order valence-corrected chi connectivity index (χ4v) is 2.48. The number of ether oxygens (including phenoxy) is 1. The van der Waals surface area contributed by atoms with Crippen molar-refractivity contribution in [3.8, 4) is 5.75 Å². The fourth-order valence-electron chi connectivity index (χ4n) is 2.48. The monoisotopic (exact) mass is 319 g/mol. The largest absolute Gasteiger partial charge is 0.494 e. The van der Waals surface area contributed by atoms with Gasteiger partial charge in [0.1, 0.15) is 11.4 Å². The van der Waals surface area contributed by atoms with Gasteiger partial charge in [0.05, 0.1) is 12.8 Å². The standard InChI is InChI=1S/C20H21N3O/c1-14-10-11-18(19(12-14)24-4)21-20(17-8-6-5-7-9-17)23-13-15(2)16(3)22-23/h5-13H,1-4H3. The van der Waals surface area contributed by atoms with Crippen molar-refractivity contribution < 1.29 is 4.74 Å². The molecule has 24 heavy (non-hydrogen) atoms. The highest BCUT2D eigenvalue weighted by Crippen LogP contribution is 2.29. The number of aliphatic imine (C=N–C) groups is 1. The zero-order valence-electron chi connectivity index (χ0n) is 14.4. The Morgan fingerprint density at radius 1 is 1.04 bits per heavy atom. The van der Waals surface area contributed by atoms with Gasteiger partial charge >= 0.3 is 0 Å². The van der Waals surface area contributed by atoms with Crippen LogP contribution in [0.25, 0.3) is 0 Å². The molecule has 0 aliphatic rings. The van der Waals surface area contributed by atoms with Gasteiger partial charge < -0.3 is 4.74 Å². The topological polar surface area (TPSA) is 39.4 Å². The quantitative estimate of drug-likeness (QED) is 0.529. The van der Waals surface area contributed by atoms with Gasteiger partial charge in [-0.05, 0) is 44.0 Å². The summed E-state index contributed by atoms with van der Waals surface area (Å²) in [6, 6.07) is 16.1. The van der Waals surface area contributed by atoms with Crippen LogP contribution in [0.2, 0.25) is 0 Å². The Morgan fingerprint density at radius 2 is 1.79 bits per heavy atom. The van der Waals surface area contributed by atoms with E-state index in [9.17, 15) is 0 Å². The average Bonchev–Trinajstić information content (AvgIpc) is 2.93. The highest BCUT2D eigenvalue weighted by atomic mass is 16.5. The van der Waals surface area contributed by atoms with E-state index >= 15 is 0 Å². The van der Waals surface area contributed by atoms with Gasteiger partial charge in [-0.2, -0.15) is 5.10 Å². The number of hydrogen-bond donors (Lipinski definition) is 0. The van der Waals surface area contributed by atoms with Gasteiger partial charge in [0.25, 0.3) is 0 Å². The van der Waals surface area contributed by atoms with Crippen molar-refractivity contribution in [3.63, 3.8) is 0 Å². The first kappa shape index (κ1) is 16.0. The predicted octanol–water partition coefficient (Wildman–Crippen LogP) is 4.44. The zero-order valence-corrected chi connectivity index (χ0v) is 14.4. The summed E-state index contributed by atoms with van der Waals surface area (Å²) in [6.45, 7) is 6.09. The maximum Gasteiger partial charge on any atom is 0.161 e. The van der Waals surface area contributed by atoms with E-state index in [1.165, 1.54) is 0 Å². The molecule has 1 aromatic heterocycles. The van der Waals surface area contributed by atoms with E-state index in [1.54, 1.807) is 7.11 Å². The van der Waals surface area contributed by atoms with Crippen LogP contribution in [0.15, 0.2) is 59.7 Å². The lowest BCUT2D eigenvalue weighted by atomic mass is 10.2. The molecule has 0 amide bonds. The summed E-state index contributed by atoms with van der Waals surface area (Å²) in [5.41, 5.74) is 5.05. The van der Waals surface area contributed by atoms with E-state index in [-0.39, 0.29) is 0 Å². The summed E-state index contributed by atoms with van der Waals surface area (Å²) in [4.78, 5) is 4.86. The van der Waals surface area contributed by atoms with Gasteiger partial charge in [0.2, 0.25) is 0 Å². The van der Waals surface area contributed by atoms with E-state index in [4.69, 9.17) is 9.73 Å². The number of hydrogen-bond acceptors (Lipinski definition) is 3. The van der Waals surface area contributed by atoms with Crippen LogP contribution in [0.3, 0.4) is 0 Å². The molecule has 4 nitrogen and oxygen atoms in total. The molecule has 0 unspecified atom stereocenters. The normalized spacial score (nSPS) is 11.6. The SMILES string of the molecule is COc1cc(C)ccc1N=C(c1ccccc1)n1cc(C)c(C)n1. The Bertz CT molecular complexity index is 860. The van der Waals surface area contributed by atoms with E-state index in [2.05, 4.69) is 5.10 Å². The summed E-state index contributed by atoms with van der Waals surface area (Å²) >= 11 is 0. The Morgan fingerprint density at radius 3 is 2.42 bits per heavy atom. The molecular weight excluding hydrogens is 298 g/mol. The fraction of sp³-hybridized carbons (Fsp3) is 0.200. The minimum atomic E-state index is 0.754. The number of methoxy groups -OCH3 is 1. The maximum absolute atomic E-state index is 5.49. The Hall–Kier alpha value is -2.88. The minimum Gasteiger partial charge on any atom is -0.494 e. The number of rotatable bonds is 3. The third-order valence-corrected chi connectivity index (χ3v) is 3.95. The molecule has 0 fully saturated rings. The molecule has 0 N–H and O–H groups in total. The van der Waals surface area contributed by atoms with Crippen LogP contribution < -0.4 is 4.74 Å². The van der Waals surface area contributed by atoms with Gasteiger partial charge in [-0.1, -0.05) is 36.4 Å². The van der Waals surface area contributed by atoms with Gasteiger partial charge in [-0.15, -0.1) is 0 Å². The van der Waals surface area contributed by atoms with Crippen LogP contribution in [-0.2, 0) is 0 Å². The molecule has 0 saturated carbocycles. The van der Waals surface area contributed by atoms with Crippen molar-refractivity contribution in [2.75, 3.05) is 7.11 Å². The average molecular weight is 319 g/mol. The van der Waals surface area contributed by atoms with Crippen LogP contribution in [0, 0.1) is 20.8 Å². The zero-order chi connectivity index (χ0) is 17.1. The Labute approximate surface area is 142 Å². The van der Waals surface area contributed by atoms with Gasteiger partial charge in [-0.3, -0.25) is 0 Å². The van der Waals surface area contributed by atoms with Crippen molar-refractivity contribution in [2.45, 2.75) is 20.8 Å². The minimum absolute atomic E-state index is 0.754. The predicted molar refractivity (Wildman–Crippen MR) is 97.5 cm³/mol. The van der Waals surface area contributed by atoms with E-state index in [1.807, 2.05) is 80.2 Å². The first-order valence-corrected chi connectivity index (χ1v) is 7.90. The molecule has 3 rings (SSSR count). The molecule has 122 valence electrons. The molecular formula is C20H21N3O. The van der Waals surface area contributed by atoms with E-state index in [0.29, 0.717) is 0 Å². The molecule has 0 bridgehead atoms. The third-order valence-electron chi connectivity index (χ3n) is 3.95. The van der Waals surface area contributed by atoms with Crippen molar-refractivity contribution in [1.82, 2.24) is 9.78 Å². The number of aromatic nitrogens is 2. The second-order valence-corrected chi connectivity index (χ2v) is 5.82. The van der Waals surface area contributed by atoms with Gasteiger partial charge in [0.15, 0.2) is 5.84 Å². The molecule has 0 spiro atoms. The van der Waals surface area contributed by atoms with Crippen LogP contribution in [0.5, 0.6) is 5.75 Å². The van der Waals surface area contributed by atoms with Crippen LogP contribution in [0.4, 0.5) is 5.69 Å². The van der Waals surface area contributed by atoms with Crippen LogP contribution >= 0.6 is 0 Å². The Kier molecular flexibility index (Phi) is 4.47. The lowest BCUT2D eigenvalue weighted by molar-refractivity contribution is 0.416. The van der Waals surface area contributed by atoms with Gasteiger partial charge in [0, 0.05) is 11.8 Å². The Balaban J connectivity index is 2.18. The van der Waals surface area contributed by atoms with E-state index in [0.717, 1.165) is 39.7 Å². The highest BCUT2D eigenvalue weighted by molar-refractivity contribution is 6.01. The third kappa shape index (κ3) is 3.23. The molecule has 0 radical (unpaired) electrons. The van der Waals surface area contributed by atoms with Crippen molar-refractivity contribution >= 4 is 11.5 Å². The molecule has 2 aromatic carbocycles. The number of benzene rings is 2. The van der Waals surface area contributed by atoms with E-state index < -0.39 is 0 Å². The smallest absolute Gasteiger partial charge is 0.161 e. The second kappa shape index (κ2) is 6.71. The molecule has 0 aliphatic heterocycles. The highest BCUT2D eigenvalue weighted by Gasteiger charge is 2.11.